The summed E-state index contributed by atoms with van der Waals surface area (Å²) in [6.07, 6.45) is 0.363. The van der Waals surface area contributed by atoms with Crippen molar-refractivity contribution in [3.63, 3.8) is 0 Å². The van der Waals surface area contributed by atoms with E-state index in [9.17, 15) is 4.79 Å². The number of carbonyl (C=O) groups is 1. The number of nitrogens with one attached hydrogen (secondary N) is 1. The van der Waals surface area contributed by atoms with Crippen molar-refractivity contribution in [3.8, 4) is 0 Å². The zero-order valence-corrected chi connectivity index (χ0v) is 10.9. The van der Waals surface area contributed by atoms with E-state index in [-0.39, 0.29) is 12.0 Å². The van der Waals surface area contributed by atoms with Gasteiger partial charge in [-0.1, -0.05) is 23.7 Å². The van der Waals surface area contributed by atoms with Crippen molar-refractivity contribution < 1.29 is 14.3 Å². The number of morpholine rings is 1. The Labute approximate surface area is 111 Å². The molecular formula is C13H16ClNO3. The van der Waals surface area contributed by atoms with Crippen LogP contribution in [0.25, 0.3) is 0 Å². The van der Waals surface area contributed by atoms with Crippen molar-refractivity contribution in [1.82, 2.24) is 5.32 Å². The largest absolute Gasteiger partial charge is 0.467 e. The van der Waals surface area contributed by atoms with Crippen LogP contribution in [-0.2, 0) is 20.7 Å². The third-order valence-corrected chi connectivity index (χ3v) is 3.20. The van der Waals surface area contributed by atoms with Crippen LogP contribution in [0.1, 0.15) is 5.56 Å². The highest BCUT2D eigenvalue weighted by Gasteiger charge is 2.27. The van der Waals surface area contributed by atoms with Gasteiger partial charge in [0.25, 0.3) is 0 Å². The maximum atomic E-state index is 11.3. The van der Waals surface area contributed by atoms with Crippen LogP contribution in [0.5, 0.6) is 0 Å². The summed E-state index contributed by atoms with van der Waals surface area (Å²) in [6, 6.07) is 7.95. The molecule has 0 radical (unpaired) electrons. The predicted molar refractivity (Wildman–Crippen MR) is 68.7 cm³/mol. The second kappa shape index (κ2) is 6.18. The van der Waals surface area contributed by atoms with Crippen molar-refractivity contribution in [3.05, 3.63) is 34.9 Å². The molecule has 0 aliphatic carbocycles. The molecule has 0 bridgehead atoms. The van der Waals surface area contributed by atoms with E-state index < -0.39 is 6.10 Å². The summed E-state index contributed by atoms with van der Waals surface area (Å²) in [6.45, 7) is 0.993. The number of methoxy groups -OCH3 is 1. The number of rotatable bonds is 3. The van der Waals surface area contributed by atoms with Gasteiger partial charge in [0.15, 0.2) is 6.10 Å². The first-order valence-corrected chi connectivity index (χ1v) is 6.24. The molecule has 4 nitrogen and oxygen atoms in total. The SMILES string of the molecule is COC(=O)[C@H]1CN[C@@H](Cc2ccc(Cl)cc2)CO1. The monoisotopic (exact) mass is 269 g/mol. The van der Waals surface area contributed by atoms with E-state index in [2.05, 4.69) is 10.1 Å². The molecule has 1 fully saturated rings. The van der Waals surface area contributed by atoms with Crippen molar-refractivity contribution >= 4 is 17.6 Å². The van der Waals surface area contributed by atoms with Gasteiger partial charge in [0, 0.05) is 17.6 Å². The second-order valence-corrected chi connectivity index (χ2v) is 4.72. The summed E-state index contributed by atoms with van der Waals surface area (Å²) in [7, 11) is 1.37. The fourth-order valence-electron chi connectivity index (χ4n) is 1.94. The summed E-state index contributed by atoms with van der Waals surface area (Å²) < 4.78 is 10.1. The van der Waals surface area contributed by atoms with Gasteiger partial charge in [-0.05, 0) is 24.1 Å². The fraction of sp³-hybridized carbons (Fsp3) is 0.462. The molecule has 18 heavy (non-hydrogen) atoms. The van der Waals surface area contributed by atoms with Crippen LogP contribution in [0, 0.1) is 0 Å². The Morgan fingerprint density at radius 3 is 2.78 bits per heavy atom. The smallest absolute Gasteiger partial charge is 0.336 e. The molecule has 1 saturated heterocycles. The maximum absolute atomic E-state index is 11.3. The van der Waals surface area contributed by atoms with Crippen LogP contribution in [-0.4, -0.2) is 38.4 Å². The molecule has 1 N–H and O–H groups in total. The highest BCUT2D eigenvalue weighted by Crippen LogP contribution is 2.13. The molecule has 0 amide bonds. The molecule has 0 saturated carbocycles. The minimum atomic E-state index is -0.489. The van der Waals surface area contributed by atoms with E-state index in [1.807, 2.05) is 24.3 Å². The van der Waals surface area contributed by atoms with Crippen molar-refractivity contribution in [2.75, 3.05) is 20.3 Å². The Kier molecular flexibility index (Phi) is 4.58. The number of hydrogen-bond donors (Lipinski definition) is 1. The van der Waals surface area contributed by atoms with E-state index in [0.717, 1.165) is 11.4 Å². The zero-order valence-electron chi connectivity index (χ0n) is 10.2. The average Bonchev–Trinajstić information content (AvgIpc) is 2.41. The predicted octanol–water partition coefficient (Wildman–Crippen LogP) is 1.41. The normalized spacial score (nSPS) is 23.7. The molecule has 2 atom stereocenters. The lowest BCUT2D eigenvalue weighted by molar-refractivity contribution is -0.156. The minimum absolute atomic E-state index is 0.215. The molecule has 1 aliphatic heterocycles. The Bertz CT molecular complexity index is 399. The van der Waals surface area contributed by atoms with Crippen LogP contribution in [0.3, 0.4) is 0 Å². The van der Waals surface area contributed by atoms with Gasteiger partial charge in [-0.15, -0.1) is 0 Å². The number of benzene rings is 1. The lowest BCUT2D eigenvalue weighted by Crippen LogP contribution is -2.50. The van der Waals surface area contributed by atoms with E-state index in [4.69, 9.17) is 16.3 Å². The Morgan fingerprint density at radius 1 is 1.50 bits per heavy atom. The molecule has 2 rings (SSSR count). The number of ether oxygens (including phenoxy) is 2. The Morgan fingerprint density at radius 2 is 2.22 bits per heavy atom. The highest BCUT2D eigenvalue weighted by atomic mass is 35.5. The van der Waals surface area contributed by atoms with Gasteiger partial charge < -0.3 is 14.8 Å². The van der Waals surface area contributed by atoms with Gasteiger partial charge in [-0.3, -0.25) is 0 Å². The number of halogens is 1. The summed E-state index contributed by atoms with van der Waals surface area (Å²) in [4.78, 5) is 11.3. The maximum Gasteiger partial charge on any atom is 0.336 e. The van der Waals surface area contributed by atoms with Crippen molar-refractivity contribution in [2.45, 2.75) is 18.6 Å². The summed E-state index contributed by atoms with van der Waals surface area (Å²) in [5, 5.41) is 4.02. The molecule has 0 spiro atoms. The molecular weight excluding hydrogens is 254 g/mol. The van der Waals surface area contributed by atoms with Gasteiger partial charge in [0.1, 0.15) is 0 Å². The minimum Gasteiger partial charge on any atom is -0.467 e. The quantitative estimate of drug-likeness (QED) is 0.843. The molecule has 1 aliphatic rings. The zero-order chi connectivity index (χ0) is 13.0. The molecule has 0 aromatic heterocycles. The van der Waals surface area contributed by atoms with E-state index in [0.29, 0.717) is 13.2 Å². The fourth-order valence-corrected chi connectivity index (χ4v) is 2.07. The number of hydrogen-bond acceptors (Lipinski definition) is 4. The molecule has 5 heteroatoms. The van der Waals surface area contributed by atoms with Gasteiger partial charge in [0.2, 0.25) is 0 Å². The van der Waals surface area contributed by atoms with Gasteiger partial charge in [-0.25, -0.2) is 4.79 Å². The van der Waals surface area contributed by atoms with Crippen LogP contribution in [0.2, 0.25) is 5.02 Å². The molecule has 1 aromatic carbocycles. The van der Waals surface area contributed by atoms with E-state index in [1.165, 1.54) is 12.7 Å². The third kappa shape index (κ3) is 3.45. The lowest BCUT2D eigenvalue weighted by Gasteiger charge is -2.28. The van der Waals surface area contributed by atoms with E-state index in [1.54, 1.807) is 0 Å². The first-order valence-electron chi connectivity index (χ1n) is 5.86. The molecule has 98 valence electrons. The first-order chi connectivity index (χ1) is 8.69. The van der Waals surface area contributed by atoms with Crippen LogP contribution in [0.15, 0.2) is 24.3 Å². The van der Waals surface area contributed by atoms with Crippen LogP contribution in [0.4, 0.5) is 0 Å². The summed E-state index contributed by atoms with van der Waals surface area (Å²) >= 11 is 5.83. The van der Waals surface area contributed by atoms with Crippen molar-refractivity contribution in [2.24, 2.45) is 0 Å². The van der Waals surface area contributed by atoms with Crippen LogP contribution < -0.4 is 5.32 Å². The second-order valence-electron chi connectivity index (χ2n) is 4.28. The summed E-state index contributed by atoms with van der Waals surface area (Å²) in [5.41, 5.74) is 1.19. The Hall–Kier alpha value is -1.10. The van der Waals surface area contributed by atoms with Gasteiger partial charge in [0.05, 0.1) is 13.7 Å². The van der Waals surface area contributed by atoms with E-state index >= 15 is 0 Å². The topological polar surface area (TPSA) is 47.6 Å². The molecule has 0 unspecified atom stereocenters. The first kappa shape index (κ1) is 13.3. The van der Waals surface area contributed by atoms with Gasteiger partial charge in [-0.2, -0.15) is 0 Å². The third-order valence-electron chi connectivity index (χ3n) is 2.95. The van der Waals surface area contributed by atoms with Crippen LogP contribution >= 0.6 is 11.6 Å². The number of esters is 1. The van der Waals surface area contributed by atoms with Crippen molar-refractivity contribution in [1.29, 1.82) is 0 Å². The molecule has 1 aromatic rings. The Balaban J connectivity index is 1.83. The van der Waals surface area contributed by atoms with Gasteiger partial charge >= 0.3 is 5.97 Å². The summed E-state index contributed by atoms with van der Waals surface area (Å²) in [5.74, 6) is -0.326. The highest BCUT2D eigenvalue weighted by molar-refractivity contribution is 6.30. The lowest BCUT2D eigenvalue weighted by atomic mass is 10.1. The standard InChI is InChI=1S/C13H16ClNO3/c1-17-13(16)12-7-15-11(8-18-12)6-9-2-4-10(14)5-3-9/h2-5,11-12,15H,6-8H2,1H3/t11-,12+/m0/s1. The molecule has 1 heterocycles. The average molecular weight is 270 g/mol. The number of carbonyl (C=O) groups excluding carboxylic acids is 1.